The van der Waals surface area contributed by atoms with E-state index in [4.69, 9.17) is 11.0 Å². The molecule has 19 heavy (non-hydrogen) atoms. The molecular formula is C12H7BrF2N4. The lowest BCUT2D eigenvalue weighted by Gasteiger charge is -2.08. The second-order valence-corrected chi connectivity index (χ2v) is 4.52. The van der Waals surface area contributed by atoms with Crippen LogP contribution in [0.3, 0.4) is 0 Å². The number of hydrogen-bond acceptors (Lipinski definition) is 4. The highest BCUT2D eigenvalue weighted by Gasteiger charge is 2.16. The second kappa shape index (κ2) is 4.90. The van der Waals surface area contributed by atoms with E-state index in [-0.39, 0.29) is 27.2 Å². The van der Waals surface area contributed by atoms with Crippen LogP contribution in [0.5, 0.6) is 0 Å². The number of nitrogen functional groups attached to an aromatic ring is 1. The van der Waals surface area contributed by atoms with Gasteiger partial charge in [-0.2, -0.15) is 5.26 Å². The first-order valence-corrected chi connectivity index (χ1v) is 5.93. The summed E-state index contributed by atoms with van der Waals surface area (Å²) < 4.78 is 26.4. The Morgan fingerprint density at radius 1 is 1.32 bits per heavy atom. The van der Waals surface area contributed by atoms with Crippen molar-refractivity contribution in [2.75, 3.05) is 5.73 Å². The van der Waals surface area contributed by atoms with Crippen molar-refractivity contribution in [1.29, 1.82) is 5.26 Å². The molecule has 4 nitrogen and oxygen atoms in total. The van der Waals surface area contributed by atoms with Gasteiger partial charge in [0.2, 0.25) is 0 Å². The Morgan fingerprint density at radius 2 is 2.00 bits per heavy atom. The number of rotatable bonds is 1. The van der Waals surface area contributed by atoms with Crippen LogP contribution in [0.15, 0.2) is 16.6 Å². The number of benzene rings is 1. The molecule has 0 aliphatic heterocycles. The van der Waals surface area contributed by atoms with Gasteiger partial charge in [0, 0.05) is 5.56 Å². The van der Waals surface area contributed by atoms with Gasteiger partial charge in [0.25, 0.3) is 0 Å². The van der Waals surface area contributed by atoms with E-state index in [1.54, 1.807) is 6.92 Å². The van der Waals surface area contributed by atoms with Gasteiger partial charge in [0.05, 0.1) is 10.2 Å². The van der Waals surface area contributed by atoms with Crippen LogP contribution in [0.4, 0.5) is 14.6 Å². The number of nitriles is 1. The fourth-order valence-electron chi connectivity index (χ4n) is 1.55. The monoisotopic (exact) mass is 324 g/mol. The number of anilines is 1. The molecule has 0 spiro atoms. The minimum absolute atomic E-state index is 0.00151. The normalized spacial score (nSPS) is 10.3. The third-order valence-corrected chi connectivity index (χ3v) is 3.28. The molecular weight excluding hydrogens is 318 g/mol. The Labute approximate surface area is 116 Å². The van der Waals surface area contributed by atoms with E-state index >= 15 is 0 Å². The third kappa shape index (κ3) is 2.27. The van der Waals surface area contributed by atoms with Gasteiger partial charge in [0.15, 0.2) is 17.5 Å². The molecule has 0 unspecified atom stereocenters. The number of nitrogens with two attached hydrogens (primary N) is 1. The Morgan fingerprint density at radius 3 is 2.58 bits per heavy atom. The van der Waals surface area contributed by atoms with E-state index < -0.39 is 11.6 Å². The number of nitrogens with zero attached hydrogens (tertiary/aromatic N) is 3. The SMILES string of the molecule is Cc1nc(-c2ccc(F)c(F)c2Br)nc(N)c1C#N. The zero-order chi connectivity index (χ0) is 14.2. The fourth-order valence-corrected chi connectivity index (χ4v) is 2.05. The number of aryl methyl sites for hydroxylation is 1. The van der Waals surface area contributed by atoms with E-state index in [0.29, 0.717) is 5.69 Å². The molecule has 0 aliphatic carbocycles. The fraction of sp³-hybridized carbons (Fsp3) is 0.0833. The maximum absolute atomic E-state index is 13.5. The first-order chi connectivity index (χ1) is 8.95. The van der Waals surface area contributed by atoms with Crippen molar-refractivity contribution in [3.8, 4) is 17.5 Å². The van der Waals surface area contributed by atoms with Crippen LogP contribution < -0.4 is 5.73 Å². The van der Waals surface area contributed by atoms with Gasteiger partial charge in [-0.05, 0) is 35.0 Å². The quantitative estimate of drug-likeness (QED) is 0.818. The third-order valence-electron chi connectivity index (χ3n) is 2.51. The zero-order valence-electron chi connectivity index (χ0n) is 9.71. The largest absolute Gasteiger partial charge is 0.382 e. The molecule has 2 rings (SSSR count). The van der Waals surface area contributed by atoms with Gasteiger partial charge in [-0.1, -0.05) is 0 Å². The topological polar surface area (TPSA) is 75.6 Å². The van der Waals surface area contributed by atoms with Gasteiger partial charge in [-0.15, -0.1) is 0 Å². The molecule has 0 amide bonds. The van der Waals surface area contributed by atoms with Crippen LogP contribution in [0, 0.1) is 29.9 Å². The minimum atomic E-state index is -1.03. The van der Waals surface area contributed by atoms with Crippen LogP contribution in [0.1, 0.15) is 11.3 Å². The molecule has 2 N–H and O–H groups in total. The van der Waals surface area contributed by atoms with Crippen LogP contribution in [-0.4, -0.2) is 9.97 Å². The van der Waals surface area contributed by atoms with Crippen molar-refractivity contribution in [3.63, 3.8) is 0 Å². The maximum atomic E-state index is 13.5. The molecule has 0 fully saturated rings. The first kappa shape index (κ1) is 13.4. The number of halogens is 3. The standard InChI is InChI=1S/C12H7BrF2N4/c1-5-7(4-16)11(17)19-12(18-5)6-2-3-8(14)10(15)9(6)13/h2-3H,1H3,(H2,17,18,19). The van der Waals surface area contributed by atoms with Gasteiger partial charge in [-0.25, -0.2) is 18.7 Å². The van der Waals surface area contributed by atoms with Crippen LogP contribution in [0.2, 0.25) is 0 Å². The van der Waals surface area contributed by atoms with Gasteiger partial charge >= 0.3 is 0 Å². The van der Waals surface area contributed by atoms with Crippen molar-refractivity contribution in [2.24, 2.45) is 0 Å². The number of hydrogen-bond donors (Lipinski definition) is 1. The second-order valence-electron chi connectivity index (χ2n) is 3.73. The lowest BCUT2D eigenvalue weighted by Crippen LogP contribution is -2.03. The summed E-state index contributed by atoms with van der Waals surface area (Å²) in [5.74, 6) is -1.88. The molecule has 7 heteroatoms. The highest BCUT2D eigenvalue weighted by molar-refractivity contribution is 9.10. The summed E-state index contributed by atoms with van der Waals surface area (Å²) in [6.07, 6.45) is 0. The summed E-state index contributed by atoms with van der Waals surface area (Å²) in [6.45, 7) is 1.59. The predicted molar refractivity (Wildman–Crippen MR) is 68.9 cm³/mol. The van der Waals surface area contributed by atoms with Crippen molar-refractivity contribution >= 4 is 21.7 Å². The Bertz CT molecular complexity index is 687. The van der Waals surface area contributed by atoms with Gasteiger partial charge in [0.1, 0.15) is 17.5 Å². The molecule has 0 saturated carbocycles. The minimum Gasteiger partial charge on any atom is -0.382 e. The van der Waals surface area contributed by atoms with E-state index in [9.17, 15) is 8.78 Å². The van der Waals surface area contributed by atoms with Crippen molar-refractivity contribution in [2.45, 2.75) is 6.92 Å². The first-order valence-electron chi connectivity index (χ1n) is 5.13. The highest BCUT2D eigenvalue weighted by atomic mass is 79.9. The molecule has 0 aliphatic rings. The van der Waals surface area contributed by atoms with E-state index in [0.717, 1.165) is 6.07 Å². The summed E-state index contributed by atoms with van der Waals surface area (Å²) in [5.41, 5.74) is 6.44. The van der Waals surface area contributed by atoms with Crippen molar-refractivity contribution < 1.29 is 8.78 Å². The summed E-state index contributed by atoms with van der Waals surface area (Å²) in [4.78, 5) is 8.01. The Balaban J connectivity index is 2.68. The number of aromatic nitrogens is 2. The highest BCUT2D eigenvalue weighted by Crippen LogP contribution is 2.30. The van der Waals surface area contributed by atoms with Gasteiger partial charge < -0.3 is 5.73 Å². The molecule has 2 aromatic rings. The molecule has 96 valence electrons. The smallest absolute Gasteiger partial charge is 0.173 e. The van der Waals surface area contributed by atoms with Crippen molar-refractivity contribution in [1.82, 2.24) is 9.97 Å². The van der Waals surface area contributed by atoms with Gasteiger partial charge in [-0.3, -0.25) is 0 Å². The summed E-state index contributed by atoms with van der Waals surface area (Å²) in [6, 6.07) is 4.19. The lowest BCUT2D eigenvalue weighted by atomic mass is 10.1. The lowest BCUT2D eigenvalue weighted by molar-refractivity contribution is 0.504. The molecule has 1 aromatic carbocycles. The maximum Gasteiger partial charge on any atom is 0.173 e. The zero-order valence-corrected chi connectivity index (χ0v) is 11.3. The average Bonchev–Trinajstić information content (AvgIpc) is 2.35. The van der Waals surface area contributed by atoms with Crippen LogP contribution in [0.25, 0.3) is 11.4 Å². The van der Waals surface area contributed by atoms with E-state index in [2.05, 4.69) is 25.9 Å². The van der Waals surface area contributed by atoms with E-state index in [1.807, 2.05) is 6.07 Å². The summed E-state index contributed by atoms with van der Waals surface area (Å²) in [7, 11) is 0. The average molecular weight is 325 g/mol. The predicted octanol–water partition coefficient (Wildman–Crippen LogP) is 2.95. The Kier molecular flexibility index (Phi) is 3.44. The molecule has 1 aromatic heterocycles. The summed E-state index contributed by atoms with van der Waals surface area (Å²) in [5, 5.41) is 8.87. The van der Waals surface area contributed by atoms with Crippen LogP contribution in [-0.2, 0) is 0 Å². The van der Waals surface area contributed by atoms with Crippen LogP contribution >= 0.6 is 15.9 Å². The molecule has 0 atom stereocenters. The van der Waals surface area contributed by atoms with E-state index in [1.165, 1.54) is 6.07 Å². The molecule has 1 heterocycles. The Hall–Kier alpha value is -2.07. The molecule has 0 saturated heterocycles. The molecule has 0 radical (unpaired) electrons. The molecule has 0 bridgehead atoms. The summed E-state index contributed by atoms with van der Waals surface area (Å²) >= 11 is 2.95. The van der Waals surface area contributed by atoms with Crippen molar-refractivity contribution in [3.05, 3.63) is 39.5 Å².